The molecule has 0 saturated carbocycles. The highest BCUT2D eigenvalue weighted by atomic mass is 35.5. The van der Waals surface area contributed by atoms with E-state index in [0.29, 0.717) is 30.4 Å². The van der Waals surface area contributed by atoms with Gasteiger partial charge in [-0.25, -0.2) is 10.0 Å². The lowest BCUT2D eigenvalue weighted by atomic mass is 9.89. The van der Waals surface area contributed by atoms with Gasteiger partial charge in [-0.2, -0.15) is 0 Å². The number of aliphatic hydroxyl groups is 1. The van der Waals surface area contributed by atoms with Gasteiger partial charge >= 0.3 is 0 Å². The first-order chi connectivity index (χ1) is 11.7. The summed E-state index contributed by atoms with van der Waals surface area (Å²) in [7, 11) is 0. The molecule has 8 heteroatoms. The third-order valence-electron chi connectivity index (χ3n) is 4.30. The SMILES string of the molecule is CC(C)(O)C(=O)NCCN1CC2Cc3ccc(Cl)cc3N=C2C(=O)N1. The van der Waals surface area contributed by atoms with Crippen molar-refractivity contribution in [3.8, 4) is 0 Å². The van der Waals surface area contributed by atoms with E-state index in [1.165, 1.54) is 13.8 Å². The van der Waals surface area contributed by atoms with Crippen molar-refractivity contribution in [1.29, 1.82) is 0 Å². The molecule has 1 aromatic carbocycles. The number of nitrogens with one attached hydrogen (secondary N) is 2. The molecule has 134 valence electrons. The minimum absolute atomic E-state index is 0.00686. The second kappa shape index (κ2) is 6.74. The lowest BCUT2D eigenvalue weighted by Gasteiger charge is -2.36. The summed E-state index contributed by atoms with van der Waals surface area (Å²) in [5, 5.41) is 14.6. The van der Waals surface area contributed by atoms with Crippen LogP contribution in [-0.4, -0.2) is 52.9 Å². The van der Waals surface area contributed by atoms with E-state index in [4.69, 9.17) is 11.6 Å². The second-order valence-electron chi connectivity index (χ2n) is 6.87. The molecule has 0 spiro atoms. The molecule has 1 atom stereocenters. The van der Waals surface area contributed by atoms with Gasteiger partial charge in [-0.3, -0.25) is 15.0 Å². The topological polar surface area (TPSA) is 94.0 Å². The molecule has 3 rings (SSSR count). The Morgan fingerprint density at radius 2 is 2.28 bits per heavy atom. The van der Waals surface area contributed by atoms with Crippen molar-refractivity contribution in [2.75, 3.05) is 19.6 Å². The normalized spacial score (nSPS) is 20.2. The molecule has 3 N–H and O–H groups in total. The van der Waals surface area contributed by atoms with Crippen LogP contribution < -0.4 is 10.7 Å². The molecule has 1 unspecified atom stereocenters. The molecule has 25 heavy (non-hydrogen) atoms. The van der Waals surface area contributed by atoms with Crippen molar-refractivity contribution in [2.45, 2.75) is 25.9 Å². The molecule has 0 bridgehead atoms. The Hall–Kier alpha value is -1.96. The standard InChI is InChI=1S/C17H21ClN4O3/c1-17(2,25)16(24)19-5-6-22-9-11-7-10-3-4-12(18)8-13(10)20-14(11)15(23)21-22/h3-4,8,11,25H,5-7,9H2,1-2H3,(H,19,24)(H,21,23). The van der Waals surface area contributed by atoms with Crippen LogP contribution in [0.4, 0.5) is 5.69 Å². The summed E-state index contributed by atoms with van der Waals surface area (Å²) in [6.07, 6.45) is 0.727. The van der Waals surface area contributed by atoms with Crippen molar-refractivity contribution in [1.82, 2.24) is 15.8 Å². The van der Waals surface area contributed by atoms with Crippen molar-refractivity contribution >= 4 is 34.8 Å². The van der Waals surface area contributed by atoms with E-state index in [0.717, 1.165) is 17.7 Å². The van der Waals surface area contributed by atoms with E-state index in [1.54, 1.807) is 11.1 Å². The van der Waals surface area contributed by atoms with E-state index in [1.807, 2.05) is 12.1 Å². The third-order valence-corrected chi connectivity index (χ3v) is 4.53. The lowest BCUT2D eigenvalue weighted by molar-refractivity contribution is -0.136. The predicted octanol–water partition coefficient (Wildman–Crippen LogP) is 0.819. The molecule has 1 aromatic rings. The first-order valence-corrected chi connectivity index (χ1v) is 8.55. The fraction of sp³-hybridized carbons (Fsp3) is 0.471. The summed E-state index contributed by atoms with van der Waals surface area (Å²) < 4.78 is 0. The average molecular weight is 365 g/mol. The van der Waals surface area contributed by atoms with E-state index in [9.17, 15) is 14.7 Å². The number of aliphatic imine (C=N–C) groups is 1. The number of fused-ring (bicyclic) bond motifs is 2. The van der Waals surface area contributed by atoms with Gasteiger partial charge in [0.1, 0.15) is 11.3 Å². The molecule has 1 fully saturated rings. The maximum atomic E-state index is 12.3. The highest BCUT2D eigenvalue weighted by Crippen LogP contribution is 2.32. The van der Waals surface area contributed by atoms with Gasteiger partial charge < -0.3 is 10.4 Å². The smallest absolute Gasteiger partial charge is 0.280 e. The van der Waals surface area contributed by atoms with Gasteiger partial charge in [-0.05, 0) is 38.0 Å². The molecule has 1 saturated heterocycles. The predicted molar refractivity (Wildman–Crippen MR) is 94.8 cm³/mol. The average Bonchev–Trinajstić information content (AvgIpc) is 2.52. The molecule has 2 aliphatic rings. The summed E-state index contributed by atoms with van der Waals surface area (Å²) in [4.78, 5) is 28.5. The third kappa shape index (κ3) is 4.00. The zero-order valence-electron chi connectivity index (χ0n) is 14.2. The largest absolute Gasteiger partial charge is 0.381 e. The Kier molecular flexibility index (Phi) is 4.81. The number of carbonyl (C=O) groups is 2. The van der Waals surface area contributed by atoms with Crippen LogP contribution in [-0.2, 0) is 16.0 Å². The van der Waals surface area contributed by atoms with E-state index < -0.39 is 11.5 Å². The Balaban J connectivity index is 1.62. The van der Waals surface area contributed by atoms with Gasteiger partial charge in [-0.1, -0.05) is 17.7 Å². The highest BCUT2D eigenvalue weighted by molar-refractivity contribution is 6.41. The summed E-state index contributed by atoms with van der Waals surface area (Å²) >= 11 is 6.00. The highest BCUT2D eigenvalue weighted by Gasteiger charge is 2.35. The van der Waals surface area contributed by atoms with Gasteiger partial charge in [0.2, 0.25) is 0 Å². The molecule has 2 amide bonds. The summed E-state index contributed by atoms with van der Waals surface area (Å²) in [5.74, 6) is -0.662. The summed E-state index contributed by atoms with van der Waals surface area (Å²) in [6.45, 7) is 4.25. The van der Waals surface area contributed by atoms with E-state index >= 15 is 0 Å². The molecular weight excluding hydrogens is 344 g/mol. The van der Waals surface area contributed by atoms with E-state index in [2.05, 4.69) is 15.7 Å². The van der Waals surface area contributed by atoms with Crippen LogP contribution >= 0.6 is 11.6 Å². The minimum Gasteiger partial charge on any atom is -0.381 e. The second-order valence-corrected chi connectivity index (χ2v) is 7.31. The quantitative estimate of drug-likeness (QED) is 0.737. The number of halogens is 1. The Bertz CT molecular complexity index is 742. The number of carbonyl (C=O) groups excluding carboxylic acids is 2. The van der Waals surface area contributed by atoms with Crippen LogP contribution in [0.3, 0.4) is 0 Å². The minimum atomic E-state index is -1.42. The number of rotatable bonds is 4. The summed E-state index contributed by atoms with van der Waals surface area (Å²) in [6, 6.07) is 5.54. The van der Waals surface area contributed by atoms with Gasteiger partial charge in [0.25, 0.3) is 11.8 Å². The molecule has 2 aliphatic heterocycles. The van der Waals surface area contributed by atoms with Crippen LogP contribution in [0.2, 0.25) is 5.02 Å². The van der Waals surface area contributed by atoms with Gasteiger partial charge in [0.15, 0.2) is 0 Å². The zero-order valence-corrected chi connectivity index (χ0v) is 14.9. The molecule has 7 nitrogen and oxygen atoms in total. The monoisotopic (exact) mass is 364 g/mol. The maximum absolute atomic E-state index is 12.3. The van der Waals surface area contributed by atoms with Gasteiger partial charge in [-0.15, -0.1) is 0 Å². The number of hydrogen-bond acceptors (Lipinski definition) is 5. The Labute approximate surface area is 151 Å². The number of amides is 2. The van der Waals surface area contributed by atoms with Gasteiger partial charge in [0.05, 0.1) is 5.69 Å². The zero-order chi connectivity index (χ0) is 18.2. The fourth-order valence-electron chi connectivity index (χ4n) is 2.96. The summed E-state index contributed by atoms with van der Waals surface area (Å²) in [5.41, 5.74) is 3.72. The number of benzene rings is 1. The van der Waals surface area contributed by atoms with Crippen molar-refractivity contribution < 1.29 is 14.7 Å². The van der Waals surface area contributed by atoms with Crippen molar-refractivity contribution in [3.63, 3.8) is 0 Å². The fourth-order valence-corrected chi connectivity index (χ4v) is 3.13. The molecule has 2 heterocycles. The van der Waals surface area contributed by atoms with Crippen molar-refractivity contribution in [2.24, 2.45) is 10.9 Å². The Morgan fingerprint density at radius 3 is 3.00 bits per heavy atom. The first kappa shape index (κ1) is 17.8. The molecule has 0 aromatic heterocycles. The number of hydrazine groups is 1. The van der Waals surface area contributed by atoms with Crippen LogP contribution in [0.1, 0.15) is 19.4 Å². The van der Waals surface area contributed by atoms with Crippen LogP contribution in [0, 0.1) is 5.92 Å². The number of nitrogens with zero attached hydrogens (tertiary/aromatic N) is 2. The number of hydrogen-bond donors (Lipinski definition) is 3. The van der Waals surface area contributed by atoms with Crippen LogP contribution in [0.15, 0.2) is 23.2 Å². The lowest BCUT2D eigenvalue weighted by Crippen LogP contribution is -2.58. The van der Waals surface area contributed by atoms with Crippen LogP contribution in [0.25, 0.3) is 0 Å². The molecule has 0 aliphatic carbocycles. The molecular formula is C17H21ClN4O3. The van der Waals surface area contributed by atoms with Gasteiger partial charge in [0, 0.05) is 30.6 Å². The maximum Gasteiger partial charge on any atom is 0.280 e. The van der Waals surface area contributed by atoms with Crippen LogP contribution in [0.5, 0.6) is 0 Å². The molecule has 0 radical (unpaired) electrons. The Morgan fingerprint density at radius 1 is 1.52 bits per heavy atom. The van der Waals surface area contributed by atoms with Crippen molar-refractivity contribution in [3.05, 3.63) is 28.8 Å². The van der Waals surface area contributed by atoms with E-state index in [-0.39, 0.29) is 11.8 Å². The first-order valence-electron chi connectivity index (χ1n) is 8.17.